The number of anilines is 1. The van der Waals surface area contributed by atoms with Crippen molar-refractivity contribution < 1.29 is 14.6 Å². The Kier molecular flexibility index (Phi) is 2.21. The second-order valence-electron chi connectivity index (χ2n) is 4.23. The molecule has 18 heavy (non-hydrogen) atoms. The second-order valence-corrected chi connectivity index (χ2v) is 4.23. The molecule has 6 nitrogen and oxygen atoms in total. The SMILES string of the molecule is C[C@@H]1OCc2c1c(N)nc1cnc(C(=O)O)cc21. The van der Waals surface area contributed by atoms with Crippen molar-refractivity contribution in [2.75, 3.05) is 5.73 Å². The summed E-state index contributed by atoms with van der Waals surface area (Å²) in [6.07, 6.45) is 1.32. The summed E-state index contributed by atoms with van der Waals surface area (Å²) in [4.78, 5) is 19.0. The van der Waals surface area contributed by atoms with Gasteiger partial charge in [0.2, 0.25) is 0 Å². The maximum Gasteiger partial charge on any atom is 0.354 e. The number of nitrogens with two attached hydrogens (primary N) is 1. The van der Waals surface area contributed by atoms with Crippen molar-refractivity contribution in [1.82, 2.24) is 9.97 Å². The lowest BCUT2D eigenvalue weighted by Gasteiger charge is -2.09. The molecule has 1 atom stereocenters. The van der Waals surface area contributed by atoms with Gasteiger partial charge >= 0.3 is 5.97 Å². The van der Waals surface area contributed by atoms with Gasteiger partial charge in [-0.3, -0.25) is 0 Å². The van der Waals surface area contributed by atoms with Gasteiger partial charge in [-0.05, 0) is 18.6 Å². The minimum atomic E-state index is -1.06. The summed E-state index contributed by atoms with van der Waals surface area (Å²) in [6, 6.07) is 1.52. The molecule has 0 aromatic carbocycles. The minimum absolute atomic E-state index is 0.00387. The summed E-state index contributed by atoms with van der Waals surface area (Å²) in [6.45, 7) is 2.32. The van der Waals surface area contributed by atoms with E-state index in [0.29, 0.717) is 17.9 Å². The van der Waals surface area contributed by atoms with Gasteiger partial charge in [-0.1, -0.05) is 0 Å². The lowest BCUT2D eigenvalue weighted by atomic mass is 10.0. The van der Waals surface area contributed by atoms with Gasteiger partial charge in [-0.15, -0.1) is 0 Å². The van der Waals surface area contributed by atoms with E-state index in [1.807, 2.05) is 6.92 Å². The lowest BCUT2D eigenvalue weighted by molar-refractivity contribution is 0.0690. The summed E-state index contributed by atoms with van der Waals surface area (Å²) >= 11 is 0. The van der Waals surface area contributed by atoms with Crippen molar-refractivity contribution in [2.45, 2.75) is 19.6 Å². The minimum Gasteiger partial charge on any atom is -0.477 e. The number of aromatic nitrogens is 2. The number of ether oxygens (including phenoxy) is 1. The summed E-state index contributed by atoms with van der Waals surface area (Å²) < 4.78 is 5.52. The Balaban J connectivity index is 2.35. The van der Waals surface area contributed by atoms with Crippen molar-refractivity contribution in [3.05, 3.63) is 29.1 Å². The zero-order valence-electron chi connectivity index (χ0n) is 9.67. The Morgan fingerprint density at radius 3 is 3.11 bits per heavy atom. The molecule has 2 aromatic rings. The van der Waals surface area contributed by atoms with Crippen LogP contribution in [0.5, 0.6) is 0 Å². The third kappa shape index (κ3) is 1.42. The van der Waals surface area contributed by atoms with Gasteiger partial charge in [-0.25, -0.2) is 14.8 Å². The number of hydrogen-bond donors (Lipinski definition) is 2. The highest BCUT2D eigenvalue weighted by molar-refractivity contribution is 5.93. The molecule has 0 fully saturated rings. The van der Waals surface area contributed by atoms with E-state index in [1.54, 1.807) is 0 Å². The largest absolute Gasteiger partial charge is 0.477 e. The molecule has 0 amide bonds. The van der Waals surface area contributed by atoms with Crippen LogP contribution in [0.25, 0.3) is 10.9 Å². The molecule has 0 spiro atoms. The highest BCUT2D eigenvalue weighted by Crippen LogP contribution is 2.37. The highest BCUT2D eigenvalue weighted by atomic mass is 16.5. The van der Waals surface area contributed by atoms with Crippen LogP contribution >= 0.6 is 0 Å². The number of aromatic carboxylic acids is 1. The summed E-state index contributed by atoms with van der Waals surface area (Å²) in [5.74, 6) is -0.637. The average Bonchev–Trinajstić information content (AvgIpc) is 2.72. The van der Waals surface area contributed by atoms with Crippen molar-refractivity contribution in [1.29, 1.82) is 0 Å². The molecule has 2 aromatic heterocycles. The van der Waals surface area contributed by atoms with Crippen LogP contribution in [0.15, 0.2) is 12.3 Å². The van der Waals surface area contributed by atoms with Crippen LogP contribution < -0.4 is 5.73 Å². The zero-order chi connectivity index (χ0) is 12.9. The third-order valence-corrected chi connectivity index (χ3v) is 3.15. The predicted octanol–water partition coefficient (Wildman–Crippen LogP) is 1.50. The van der Waals surface area contributed by atoms with Gasteiger partial charge in [0.25, 0.3) is 0 Å². The number of hydrogen-bond acceptors (Lipinski definition) is 5. The van der Waals surface area contributed by atoms with Crippen molar-refractivity contribution in [2.24, 2.45) is 0 Å². The lowest BCUT2D eigenvalue weighted by Crippen LogP contribution is -2.04. The molecule has 1 aliphatic rings. The molecule has 0 saturated heterocycles. The molecule has 0 bridgehead atoms. The molecule has 6 heteroatoms. The van der Waals surface area contributed by atoms with E-state index < -0.39 is 5.97 Å². The van der Waals surface area contributed by atoms with Gasteiger partial charge in [0, 0.05) is 10.9 Å². The number of nitrogen functional groups attached to an aromatic ring is 1. The predicted molar refractivity (Wildman–Crippen MR) is 64.1 cm³/mol. The fourth-order valence-corrected chi connectivity index (χ4v) is 2.29. The molecule has 3 rings (SSSR count). The smallest absolute Gasteiger partial charge is 0.354 e. The molecule has 1 aliphatic heterocycles. The van der Waals surface area contributed by atoms with Crippen LogP contribution in [-0.4, -0.2) is 21.0 Å². The zero-order valence-corrected chi connectivity index (χ0v) is 9.67. The maximum atomic E-state index is 10.9. The third-order valence-electron chi connectivity index (χ3n) is 3.15. The van der Waals surface area contributed by atoms with Crippen LogP contribution in [0.3, 0.4) is 0 Å². The van der Waals surface area contributed by atoms with E-state index >= 15 is 0 Å². The van der Waals surface area contributed by atoms with Crippen LogP contribution in [0, 0.1) is 0 Å². The first-order valence-corrected chi connectivity index (χ1v) is 5.51. The fraction of sp³-hybridized carbons (Fsp3) is 0.250. The Labute approximate surface area is 102 Å². The highest BCUT2D eigenvalue weighted by Gasteiger charge is 2.25. The molecule has 3 heterocycles. The van der Waals surface area contributed by atoms with E-state index in [2.05, 4.69) is 9.97 Å². The topological polar surface area (TPSA) is 98.3 Å². The molecule has 0 saturated carbocycles. The number of rotatable bonds is 1. The fourth-order valence-electron chi connectivity index (χ4n) is 2.29. The number of carboxylic acid groups (broad SMARTS) is 1. The first-order valence-electron chi connectivity index (χ1n) is 5.51. The Morgan fingerprint density at radius 2 is 2.39 bits per heavy atom. The average molecular weight is 245 g/mol. The van der Waals surface area contributed by atoms with E-state index in [0.717, 1.165) is 16.5 Å². The van der Waals surface area contributed by atoms with Gasteiger partial charge in [0.05, 0.1) is 24.4 Å². The summed E-state index contributed by atoms with van der Waals surface area (Å²) in [5, 5.41) is 9.71. The molecular weight excluding hydrogens is 234 g/mol. The molecular formula is C12H11N3O3. The van der Waals surface area contributed by atoms with E-state index in [-0.39, 0.29) is 11.8 Å². The van der Waals surface area contributed by atoms with Crippen LogP contribution in [0.1, 0.15) is 34.6 Å². The molecule has 0 radical (unpaired) electrons. The van der Waals surface area contributed by atoms with Crippen LogP contribution in [-0.2, 0) is 11.3 Å². The molecule has 0 aliphatic carbocycles. The Hall–Kier alpha value is -2.21. The van der Waals surface area contributed by atoms with Gasteiger partial charge in [0.1, 0.15) is 11.5 Å². The normalized spacial score (nSPS) is 17.9. The molecule has 0 unspecified atom stereocenters. The van der Waals surface area contributed by atoms with Gasteiger partial charge in [-0.2, -0.15) is 0 Å². The summed E-state index contributed by atoms with van der Waals surface area (Å²) in [5.41, 5.74) is 8.24. The van der Waals surface area contributed by atoms with Crippen molar-refractivity contribution in [3.8, 4) is 0 Å². The quantitative estimate of drug-likeness (QED) is 0.790. The van der Waals surface area contributed by atoms with Crippen molar-refractivity contribution in [3.63, 3.8) is 0 Å². The number of carboxylic acids is 1. The Bertz CT molecular complexity index is 669. The molecule has 92 valence electrons. The standard InChI is InChI=1S/C12H11N3O3/c1-5-10-7(4-18-5)6-2-8(12(16)17)14-3-9(6)15-11(10)13/h2-3,5H,4H2,1H3,(H2,13,15)(H,16,17)/t5-/m0/s1. The first kappa shape index (κ1) is 10.9. The number of pyridine rings is 2. The van der Waals surface area contributed by atoms with Gasteiger partial charge in [0.15, 0.2) is 0 Å². The second kappa shape index (κ2) is 3.64. The monoisotopic (exact) mass is 245 g/mol. The van der Waals surface area contributed by atoms with Gasteiger partial charge < -0.3 is 15.6 Å². The van der Waals surface area contributed by atoms with E-state index in [4.69, 9.17) is 15.6 Å². The van der Waals surface area contributed by atoms with Crippen molar-refractivity contribution >= 4 is 22.7 Å². The van der Waals surface area contributed by atoms with Crippen LogP contribution in [0.2, 0.25) is 0 Å². The Morgan fingerprint density at radius 1 is 1.61 bits per heavy atom. The molecule has 3 N–H and O–H groups in total. The van der Waals surface area contributed by atoms with E-state index in [9.17, 15) is 4.79 Å². The van der Waals surface area contributed by atoms with Crippen LogP contribution in [0.4, 0.5) is 5.82 Å². The van der Waals surface area contributed by atoms with E-state index in [1.165, 1.54) is 12.3 Å². The number of nitrogens with zero attached hydrogens (tertiary/aromatic N) is 2. The number of carbonyl (C=O) groups is 1. The first-order chi connectivity index (χ1) is 8.58. The maximum absolute atomic E-state index is 10.9. The summed E-state index contributed by atoms with van der Waals surface area (Å²) in [7, 11) is 0. The number of fused-ring (bicyclic) bond motifs is 3.